The molecular weight excluding hydrogens is 292 g/mol. The summed E-state index contributed by atoms with van der Waals surface area (Å²) >= 11 is 0. The lowest BCUT2D eigenvalue weighted by molar-refractivity contribution is 0.157. The van der Waals surface area contributed by atoms with Crippen LogP contribution in [0.15, 0.2) is 72.3 Å². The van der Waals surface area contributed by atoms with Gasteiger partial charge in [-0.1, -0.05) is 86.2 Å². The monoisotopic (exact) mass is 322 g/mol. The Morgan fingerprint density at radius 1 is 0.875 bits per heavy atom. The molecule has 0 atom stereocenters. The normalized spacial score (nSPS) is 11.9. The molecule has 0 heterocycles. The van der Waals surface area contributed by atoms with Crippen molar-refractivity contribution in [2.45, 2.75) is 39.5 Å². The Morgan fingerprint density at radius 3 is 2.12 bits per heavy atom. The first-order valence-corrected chi connectivity index (χ1v) is 9.10. The number of unbranched alkanes of at least 4 members (excludes halogenated alkanes) is 1. The summed E-state index contributed by atoms with van der Waals surface area (Å²) in [6.07, 6.45) is 6.75. The molecule has 0 bridgehead atoms. The average molecular weight is 322 g/mol. The van der Waals surface area contributed by atoms with E-state index in [0.29, 0.717) is 5.92 Å². The molecule has 2 aromatic carbocycles. The quantitative estimate of drug-likeness (QED) is 0.394. The zero-order chi connectivity index (χ0) is 17.0. The van der Waals surface area contributed by atoms with E-state index in [1.165, 1.54) is 23.1 Å². The SMILES string of the molecule is CC(C)/C(=C/COCCCCc1ccccc1)Cc1ccccc1. The Labute approximate surface area is 147 Å². The van der Waals surface area contributed by atoms with Gasteiger partial charge in [0.1, 0.15) is 0 Å². The average Bonchev–Trinajstić information content (AvgIpc) is 2.61. The van der Waals surface area contributed by atoms with Crippen LogP contribution >= 0.6 is 0 Å². The van der Waals surface area contributed by atoms with Gasteiger partial charge in [0.25, 0.3) is 0 Å². The number of rotatable bonds is 10. The Balaban J connectivity index is 1.65. The van der Waals surface area contributed by atoms with Crippen LogP contribution < -0.4 is 0 Å². The second-order valence-corrected chi connectivity index (χ2v) is 6.61. The van der Waals surface area contributed by atoms with E-state index in [9.17, 15) is 0 Å². The molecule has 0 aromatic heterocycles. The van der Waals surface area contributed by atoms with Crippen molar-refractivity contribution in [3.8, 4) is 0 Å². The first kappa shape index (κ1) is 18.5. The van der Waals surface area contributed by atoms with Crippen LogP contribution in [0.2, 0.25) is 0 Å². The molecule has 0 aliphatic heterocycles. The minimum Gasteiger partial charge on any atom is -0.377 e. The molecule has 24 heavy (non-hydrogen) atoms. The smallest absolute Gasteiger partial charge is 0.0650 e. The summed E-state index contributed by atoms with van der Waals surface area (Å²) < 4.78 is 5.81. The van der Waals surface area contributed by atoms with Gasteiger partial charge < -0.3 is 4.74 Å². The molecule has 2 rings (SSSR count). The highest BCUT2D eigenvalue weighted by Crippen LogP contribution is 2.16. The van der Waals surface area contributed by atoms with E-state index in [1.54, 1.807) is 0 Å². The second kappa shape index (κ2) is 10.8. The van der Waals surface area contributed by atoms with Crippen LogP contribution in [0.1, 0.15) is 37.8 Å². The molecule has 0 unspecified atom stereocenters. The lowest BCUT2D eigenvalue weighted by Crippen LogP contribution is -2.02. The zero-order valence-corrected chi connectivity index (χ0v) is 15.1. The third-order valence-corrected chi connectivity index (χ3v) is 4.30. The third kappa shape index (κ3) is 7.14. The summed E-state index contributed by atoms with van der Waals surface area (Å²) in [5.74, 6) is 0.562. The number of ether oxygens (including phenoxy) is 1. The van der Waals surface area contributed by atoms with Crippen LogP contribution in [0, 0.1) is 5.92 Å². The summed E-state index contributed by atoms with van der Waals surface area (Å²) in [6, 6.07) is 21.4. The molecule has 0 aliphatic carbocycles. The Hall–Kier alpha value is -1.86. The van der Waals surface area contributed by atoms with Gasteiger partial charge in [-0.05, 0) is 42.7 Å². The van der Waals surface area contributed by atoms with E-state index < -0.39 is 0 Å². The fourth-order valence-corrected chi connectivity index (χ4v) is 2.77. The Morgan fingerprint density at radius 2 is 1.50 bits per heavy atom. The minimum atomic E-state index is 0.562. The van der Waals surface area contributed by atoms with Crippen LogP contribution in [0.4, 0.5) is 0 Å². The van der Waals surface area contributed by atoms with Crippen molar-refractivity contribution < 1.29 is 4.74 Å². The topological polar surface area (TPSA) is 9.23 Å². The van der Waals surface area contributed by atoms with Crippen LogP contribution in [0.5, 0.6) is 0 Å². The van der Waals surface area contributed by atoms with E-state index in [1.807, 2.05) is 0 Å². The fraction of sp³-hybridized carbons (Fsp3) is 0.391. The van der Waals surface area contributed by atoms with Gasteiger partial charge in [0.05, 0.1) is 6.61 Å². The van der Waals surface area contributed by atoms with Crippen LogP contribution in [0.3, 0.4) is 0 Å². The van der Waals surface area contributed by atoms with E-state index in [0.717, 1.165) is 32.5 Å². The molecule has 2 aromatic rings. The van der Waals surface area contributed by atoms with E-state index in [4.69, 9.17) is 4.74 Å². The minimum absolute atomic E-state index is 0.562. The van der Waals surface area contributed by atoms with Gasteiger partial charge in [-0.15, -0.1) is 0 Å². The number of benzene rings is 2. The molecular formula is C23H30O. The molecule has 0 saturated heterocycles. The molecule has 0 N–H and O–H groups in total. The van der Waals surface area contributed by atoms with Gasteiger partial charge in [-0.3, -0.25) is 0 Å². The maximum absolute atomic E-state index is 5.81. The summed E-state index contributed by atoms with van der Waals surface area (Å²) in [7, 11) is 0. The van der Waals surface area contributed by atoms with Crippen LogP contribution in [-0.2, 0) is 17.6 Å². The summed E-state index contributed by atoms with van der Waals surface area (Å²) in [5.41, 5.74) is 4.26. The maximum Gasteiger partial charge on any atom is 0.0650 e. The first-order valence-electron chi connectivity index (χ1n) is 9.10. The van der Waals surface area contributed by atoms with Crippen molar-refractivity contribution in [1.82, 2.24) is 0 Å². The van der Waals surface area contributed by atoms with Crippen molar-refractivity contribution >= 4 is 0 Å². The number of allylic oxidation sites excluding steroid dienone is 1. The number of aryl methyl sites for hydroxylation is 1. The largest absolute Gasteiger partial charge is 0.377 e. The molecule has 128 valence electrons. The molecule has 0 amide bonds. The fourth-order valence-electron chi connectivity index (χ4n) is 2.77. The standard InChI is InChI=1S/C23H30O/c1-20(2)23(19-22-14-7-4-8-15-22)16-18-24-17-10-9-13-21-11-5-3-6-12-21/h3-8,11-12,14-16,20H,9-10,13,17-19H2,1-2H3/b23-16+. The lowest BCUT2D eigenvalue weighted by Gasteiger charge is -2.12. The predicted octanol–water partition coefficient (Wildman–Crippen LogP) is 5.85. The van der Waals surface area contributed by atoms with Gasteiger partial charge in [0, 0.05) is 6.61 Å². The van der Waals surface area contributed by atoms with Crippen molar-refractivity contribution in [2.75, 3.05) is 13.2 Å². The van der Waals surface area contributed by atoms with E-state index >= 15 is 0 Å². The van der Waals surface area contributed by atoms with Gasteiger partial charge in [-0.2, -0.15) is 0 Å². The summed E-state index contributed by atoms with van der Waals surface area (Å²) in [5, 5.41) is 0. The predicted molar refractivity (Wildman–Crippen MR) is 103 cm³/mol. The third-order valence-electron chi connectivity index (χ3n) is 4.30. The van der Waals surface area contributed by atoms with Gasteiger partial charge in [0.2, 0.25) is 0 Å². The first-order chi connectivity index (χ1) is 11.8. The van der Waals surface area contributed by atoms with Crippen LogP contribution in [-0.4, -0.2) is 13.2 Å². The Kier molecular flexibility index (Phi) is 8.34. The lowest BCUT2D eigenvalue weighted by atomic mass is 9.95. The molecule has 0 spiro atoms. The van der Waals surface area contributed by atoms with E-state index in [-0.39, 0.29) is 0 Å². The maximum atomic E-state index is 5.81. The highest BCUT2D eigenvalue weighted by molar-refractivity contribution is 5.22. The van der Waals surface area contributed by atoms with Crippen molar-refractivity contribution in [1.29, 1.82) is 0 Å². The molecule has 0 fully saturated rings. The van der Waals surface area contributed by atoms with Crippen molar-refractivity contribution in [3.63, 3.8) is 0 Å². The van der Waals surface area contributed by atoms with Gasteiger partial charge in [-0.25, -0.2) is 0 Å². The molecule has 0 radical (unpaired) electrons. The summed E-state index contributed by atoms with van der Waals surface area (Å²) in [6.45, 7) is 6.09. The Bertz CT molecular complexity index is 584. The molecule has 0 saturated carbocycles. The van der Waals surface area contributed by atoms with Crippen molar-refractivity contribution in [3.05, 3.63) is 83.4 Å². The highest BCUT2D eigenvalue weighted by atomic mass is 16.5. The van der Waals surface area contributed by atoms with Gasteiger partial charge in [0.15, 0.2) is 0 Å². The second-order valence-electron chi connectivity index (χ2n) is 6.61. The number of hydrogen-bond acceptors (Lipinski definition) is 1. The van der Waals surface area contributed by atoms with Gasteiger partial charge >= 0.3 is 0 Å². The zero-order valence-electron chi connectivity index (χ0n) is 15.1. The highest BCUT2D eigenvalue weighted by Gasteiger charge is 2.04. The summed E-state index contributed by atoms with van der Waals surface area (Å²) in [4.78, 5) is 0. The molecule has 1 nitrogen and oxygen atoms in total. The number of hydrogen-bond donors (Lipinski definition) is 0. The molecule has 0 aliphatic rings. The van der Waals surface area contributed by atoms with Crippen molar-refractivity contribution in [2.24, 2.45) is 5.92 Å². The van der Waals surface area contributed by atoms with Crippen LogP contribution in [0.25, 0.3) is 0 Å². The molecule has 1 heteroatoms. The van der Waals surface area contributed by atoms with E-state index in [2.05, 4.69) is 80.6 Å².